The van der Waals surface area contributed by atoms with Crippen molar-refractivity contribution < 1.29 is 13.2 Å². The first-order valence-corrected chi connectivity index (χ1v) is 4.86. The lowest BCUT2D eigenvalue weighted by Gasteiger charge is -2.14. The highest BCUT2D eigenvalue weighted by atomic mass is 19.4. The van der Waals surface area contributed by atoms with Crippen molar-refractivity contribution in [2.75, 3.05) is 17.7 Å². The largest absolute Gasteiger partial charge is 0.416 e. The van der Waals surface area contributed by atoms with Crippen LogP contribution in [0.5, 0.6) is 0 Å². The van der Waals surface area contributed by atoms with Crippen LogP contribution in [0.4, 0.5) is 24.8 Å². The highest BCUT2D eigenvalue weighted by Gasteiger charge is 2.31. The van der Waals surface area contributed by atoms with Crippen molar-refractivity contribution in [1.29, 1.82) is 0 Å². The quantitative estimate of drug-likeness (QED) is 0.842. The van der Waals surface area contributed by atoms with Gasteiger partial charge < -0.3 is 10.6 Å². The molecule has 0 saturated carbocycles. The minimum absolute atomic E-state index is 0.0284. The number of hydrogen-bond acceptors (Lipinski definition) is 3. The van der Waals surface area contributed by atoms with Crippen molar-refractivity contribution in [2.45, 2.75) is 26.1 Å². The van der Waals surface area contributed by atoms with E-state index < -0.39 is 11.7 Å². The smallest absolute Gasteiger partial charge is 0.373 e. The van der Waals surface area contributed by atoms with Crippen molar-refractivity contribution in [2.24, 2.45) is 0 Å². The average molecular weight is 233 g/mol. The van der Waals surface area contributed by atoms with Crippen LogP contribution < -0.4 is 10.6 Å². The topological polar surface area (TPSA) is 37.0 Å². The summed E-state index contributed by atoms with van der Waals surface area (Å²) in [4.78, 5) is 3.98. The molecule has 0 radical (unpaired) electrons. The second-order valence-electron chi connectivity index (χ2n) is 3.67. The molecule has 0 aliphatic rings. The molecular weight excluding hydrogens is 219 g/mol. The summed E-state index contributed by atoms with van der Waals surface area (Å²) in [6, 6.07) is 2.01. The van der Waals surface area contributed by atoms with Crippen LogP contribution in [0.25, 0.3) is 0 Å². The van der Waals surface area contributed by atoms with Crippen LogP contribution in [0, 0.1) is 0 Å². The van der Waals surface area contributed by atoms with E-state index in [-0.39, 0.29) is 17.7 Å². The van der Waals surface area contributed by atoms with Gasteiger partial charge in [0.25, 0.3) is 0 Å². The third-order valence-corrected chi connectivity index (χ3v) is 1.85. The SMILES string of the molecule is CNc1cc(C(F)(F)F)cc(NC(C)C)n1. The second kappa shape index (κ2) is 4.59. The van der Waals surface area contributed by atoms with E-state index in [0.717, 1.165) is 12.1 Å². The van der Waals surface area contributed by atoms with Crippen molar-refractivity contribution in [3.63, 3.8) is 0 Å². The number of nitrogens with zero attached hydrogens (tertiary/aromatic N) is 1. The van der Waals surface area contributed by atoms with Crippen LogP contribution in [0.1, 0.15) is 19.4 Å². The molecule has 0 fully saturated rings. The van der Waals surface area contributed by atoms with Gasteiger partial charge in [0.05, 0.1) is 5.56 Å². The van der Waals surface area contributed by atoms with Gasteiger partial charge in [0.1, 0.15) is 11.6 Å². The molecule has 0 unspecified atom stereocenters. The molecule has 16 heavy (non-hydrogen) atoms. The van der Waals surface area contributed by atoms with E-state index in [1.807, 2.05) is 13.8 Å². The zero-order valence-electron chi connectivity index (χ0n) is 9.31. The van der Waals surface area contributed by atoms with Gasteiger partial charge in [-0.05, 0) is 26.0 Å². The molecule has 0 amide bonds. The molecule has 0 atom stereocenters. The molecule has 1 aromatic rings. The summed E-state index contributed by atoms with van der Waals surface area (Å²) in [5.41, 5.74) is -0.713. The van der Waals surface area contributed by atoms with Gasteiger partial charge in [-0.1, -0.05) is 0 Å². The summed E-state index contributed by atoms with van der Waals surface area (Å²) in [6.45, 7) is 3.67. The van der Waals surface area contributed by atoms with Gasteiger partial charge >= 0.3 is 6.18 Å². The fourth-order valence-electron chi connectivity index (χ4n) is 1.19. The second-order valence-corrected chi connectivity index (χ2v) is 3.67. The summed E-state index contributed by atoms with van der Waals surface area (Å²) in [5.74, 6) is 0.409. The lowest BCUT2D eigenvalue weighted by Crippen LogP contribution is -2.14. The van der Waals surface area contributed by atoms with Crippen LogP contribution >= 0.6 is 0 Å². The summed E-state index contributed by atoms with van der Waals surface area (Å²) in [7, 11) is 1.53. The molecule has 1 aromatic heterocycles. The van der Waals surface area contributed by atoms with Gasteiger partial charge in [0.15, 0.2) is 0 Å². The Bertz CT molecular complexity index is 361. The Morgan fingerprint density at radius 2 is 1.75 bits per heavy atom. The first kappa shape index (κ1) is 12.6. The van der Waals surface area contributed by atoms with Crippen molar-refractivity contribution in [3.05, 3.63) is 17.7 Å². The summed E-state index contributed by atoms with van der Waals surface area (Å²) in [5, 5.41) is 5.44. The van der Waals surface area contributed by atoms with Crippen LogP contribution in [-0.2, 0) is 6.18 Å². The van der Waals surface area contributed by atoms with Crippen LogP contribution in [-0.4, -0.2) is 18.1 Å². The van der Waals surface area contributed by atoms with Gasteiger partial charge in [0.2, 0.25) is 0 Å². The minimum atomic E-state index is -4.36. The van der Waals surface area contributed by atoms with E-state index in [0.29, 0.717) is 0 Å². The standard InChI is InChI=1S/C10H14F3N3/c1-6(2)15-9-5-7(10(11,12)13)4-8(14-3)16-9/h4-6H,1-3H3,(H2,14,15,16). The molecule has 0 aromatic carbocycles. The minimum Gasteiger partial charge on any atom is -0.373 e. The Kier molecular flexibility index (Phi) is 3.62. The van der Waals surface area contributed by atoms with E-state index >= 15 is 0 Å². The third kappa shape index (κ3) is 3.29. The fourth-order valence-corrected chi connectivity index (χ4v) is 1.19. The number of hydrogen-bond donors (Lipinski definition) is 2. The number of alkyl halides is 3. The molecule has 0 bridgehead atoms. The van der Waals surface area contributed by atoms with E-state index in [4.69, 9.17) is 0 Å². The maximum atomic E-state index is 12.5. The van der Waals surface area contributed by atoms with Crippen LogP contribution in [0.3, 0.4) is 0 Å². The third-order valence-electron chi connectivity index (χ3n) is 1.85. The zero-order chi connectivity index (χ0) is 12.3. The predicted molar refractivity (Wildman–Crippen MR) is 57.5 cm³/mol. The van der Waals surface area contributed by atoms with E-state index in [1.165, 1.54) is 7.05 Å². The molecule has 1 rings (SSSR count). The number of rotatable bonds is 3. The monoisotopic (exact) mass is 233 g/mol. The first-order valence-electron chi connectivity index (χ1n) is 4.86. The summed E-state index contributed by atoms with van der Waals surface area (Å²) in [6.07, 6.45) is -4.36. The highest BCUT2D eigenvalue weighted by molar-refractivity contribution is 5.49. The van der Waals surface area contributed by atoms with Crippen LogP contribution in [0.15, 0.2) is 12.1 Å². The molecule has 1 heterocycles. The van der Waals surface area contributed by atoms with Crippen LogP contribution in [0.2, 0.25) is 0 Å². The summed E-state index contributed by atoms with van der Waals surface area (Å²) >= 11 is 0. The fraction of sp³-hybridized carbons (Fsp3) is 0.500. The van der Waals surface area contributed by atoms with E-state index in [9.17, 15) is 13.2 Å². The number of anilines is 2. The first-order chi connectivity index (χ1) is 7.32. The average Bonchev–Trinajstić information content (AvgIpc) is 2.14. The van der Waals surface area contributed by atoms with E-state index in [1.54, 1.807) is 0 Å². The van der Waals surface area contributed by atoms with Gasteiger partial charge in [-0.2, -0.15) is 13.2 Å². The normalized spacial score (nSPS) is 11.7. The maximum Gasteiger partial charge on any atom is 0.416 e. The Balaban J connectivity index is 3.11. The molecule has 2 N–H and O–H groups in total. The maximum absolute atomic E-state index is 12.5. The molecule has 0 saturated heterocycles. The lowest BCUT2D eigenvalue weighted by molar-refractivity contribution is -0.137. The van der Waals surface area contributed by atoms with E-state index in [2.05, 4.69) is 15.6 Å². The Hall–Kier alpha value is -1.46. The lowest BCUT2D eigenvalue weighted by atomic mass is 10.2. The number of nitrogens with one attached hydrogen (secondary N) is 2. The molecule has 3 nitrogen and oxygen atoms in total. The van der Waals surface area contributed by atoms with Gasteiger partial charge in [-0.25, -0.2) is 4.98 Å². The predicted octanol–water partition coefficient (Wildman–Crippen LogP) is 2.96. The molecule has 90 valence electrons. The number of halogens is 3. The number of aromatic nitrogens is 1. The van der Waals surface area contributed by atoms with Crippen molar-refractivity contribution in [1.82, 2.24) is 4.98 Å². The molecule has 6 heteroatoms. The molecule has 0 aliphatic heterocycles. The van der Waals surface area contributed by atoms with Gasteiger partial charge in [0, 0.05) is 13.1 Å². The Labute approximate surface area is 92.1 Å². The highest BCUT2D eigenvalue weighted by Crippen LogP contribution is 2.32. The van der Waals surface area contributed by atoms with Crippen molar-refractivity contribution >= 4 is 11.6 Å². The molecule has 0 spiro atoms. The Morgan fingerprint density at radius 1 is 1.19 bits per heavy atom. The van der Waals surface area contributed by atoms with Crippen molar-refractivity contribution in [3.8, 4) is 0 Å². The summed E-state index contributed by atoms with van der Waals surface area (Å²) < 4.78 is 37.6. The van der Waals surface area contributed by atoms with Gasteiger partial charge in [-0.3, -0.25) is 0 Å². The Morgan fingerprint density at radius 3 is 2.19 bits per heavy atom. The van der Waals surface area contributed by atoms with Gasteiger partial charge in [-0.15, -0.1) is 0 Å². The zero-order valence-corrected chi connectivity index (χ0v) is 9.31. The molecular formula is C10H14F3N3. The number of pyridine rings is 1. The molecule has 0 aliphatic carbocycles.